The van der Waals surface area contributed by atoms with Crippen molar-refractivity contribution in [3.05, 3.63) is 48.3 Å². The van der Waals surface area contributed by atoms with Crippen molar-refractivity contribution in [2.45, 2.75) is 19.3 Å². The highest BCUT2D eigenvalue weighted by Crippen LogP contribution is 2.35. The number of fused-ring (bicyclic) bond motifs is 1. The zero-order valence-corrected chi connectivity index (χ0v) is 23.6. The third-order valence-electron chi connectivity index (χ3n) is 7.47. The zero-order chi connectivity index (χ0) is 28.4. The van der Waals surface area contributed by atoms with Gasteiger partial charge in [0.15, 0.2) is 11.5 Å². The number of anilines is 2. The Kier molecular flexibility index (Phi) is 9.67. The van der Waals surface area contributed by atoms with Gasteiger partial charge in [0.1, 0.15) is 25.4 Å². The predicted molar refractivity (Wildman–Crippen MR) is 157 cm³/mol. The summed E-state index contributed by atoms with van der Waals surface area (Å²) >= 11 is 0. The molecule has 3 aromatic rings. The molecular formula is C30H37N7O4. The van der Waals surface area contributed by atoms with Crippen LogP contribution in [0.3, 0.4) is 0 Å². The molecule has 2 aliphatic rings. The largest absolute Gasteiger partial charge is 0.488 e. The second kappa shape index (κ2) is 14.0. The number of benzene rings is 2. The topological polar surface area (TPSA) is 116 Å². The Balaban J connectivity index is 1.27. The molecular weight excluding hydrogens is 522 g/mol. The molecule has 2 aliphatic heterocycles. The molecule has 0 atom stereocenters. The number of rotatable bonds is 10. The average Bonchev–Trinajstić information content (AvgIpc) is 3.02. The predicted octanol–water partition coefficient (Wildman–Crippen LogP) is 3.75. The third kappa shape index (κ3) is 7.34. The van der Waals surface area contributed by atoms with Gasteiger partial charge in [-0.3, -0.25) is 4.90 Å². The fourth-order valence-corrected chi connectivity index (χ4v) is 5.18. The van der Waals surface area contributed by atoms with E-state index in [0.29, 0.717) is 68.7 Å². The van der Waals surface area contributed by atoms with E-state index in [1.54, 1.807) is 42.6 Å². The number of urea groups is 1. The summed E-state index contributed by atoms with van der Waals surface area (Å²) in [4.78, 5) is 28.4. The van der Waals surface area contributed by atoms with E-state index in [-0.39, 0.29) is 6.03 Å². The molecule has 2 saturated heterocycles. The number of methoxy groups -OCH3 is 1. The average molecular weight is 560 g/mol. The number of likely N-dealkylation sites (tertiary alicyclic amines) is 1. The van der Waals surface area contributed by atoms with Crippen molar-refractivity contribution in [1.29, 1.82) is 5.26 Å². The Morgan fingerprint density at radius 2 is 1.66 bits per heavy atom. The maximum Gasteiger partial charge on any atom is 0.321 e. The molecule has 3 heterocycles. The Bertz CT molecular complexity index is 1350. The summed E-state index contributed by atoms with van der Waals surface area (Å²) in [6.07, 6.45) is 5.36. The van der Waals surface area contributed by atoms with Crippen LogP contribution >= 0.6 is 0 Å². The van der Waals surface area contributed by atoms with Gasteiger partial charge in [-0.25, -0.2) is 14.8 Å². The number of carbonyl (C=O) groups is 1. The normalized spacial score (nSPS) is 15.9. The summed E-state index contributed by atoms with van der Waals surface area (Å²) in [6, 6.07) is 12.7. The minimum absolute atomic E-state index is 0.163. The molecule has 2 amide bonds. The maximum atomic E-state index is 12.8. The van der Waals surface area contributed by atoms with Crippen LogP contribution in [0.25, 0.3) is 10.9 Å². The lowest BCUT2D eigenvalue weighted by atomic mass is 10.1. The van der Waals surface area contributed by atoms with Gasteiger partial charge in [0.25, 0.3) is 0 Å². The van der Waals surface area contributed by atoms with Gasteiger partial charge in [0.2, 0.25) is 0 Å². The molecule has 5 rings (SSSR count). The van der Waals surface area contributed by atoms with Crippen molar-refractivity contribution in [3.8, 4) is 17.6 Å². The minimum Gasteiger partial charge on any atom is -0.488 e. The van der Waals surface area contributed by atoms with Crippen LogP contribution in [0.4, 0.5) is 16.3 Å². The van der Waals surface area contributed by atoms with E-state index in [1.165, 1.54) is 19.3 Å². The first-order valence-corrected chi connectivity index (χ1v) is 14.2. The number of hydrogen-bond acceptors (Lipinski definition) is 9. The van der Waals surface area contributed by atoms with E-state index < -0.39 is 0 Å². The smallest absolute Gasteiger partial charge is 0.321 e. The van der Waals surface area contributed by atoms with Crippen LogP contribution in [0.15, 0.2) is 42.7 Å². The number of hydrogen-bond donors (Lipinski definition) is 1. The molecule has 0 saturated carbocycles. The minimum atomic E-state index is -0.163. The highest BCUT2D eigenvalue weighted by Gasteiger charge is 2.24. The SMILES string of the molecule is COCCOc1cc2ncnc(N3CCN(C(=O)Nc4ccc(C#N)cc4)CC3)c2cc1OCCN1CCCCC1. The van der Waals surface area contributed by atoms with Crippen LogP contribution in [0, 0.1) is 11.3 Å². The van der Waals surface area contributed by atoms with Gasteiger partial charge in [-0.05, 0) is 56.3 Å². The van der Waals surface area contributed by atoms with Crippen LogP contribution in [-0.2, 0) is 4.74 Å². The molecule has 0 radical (unpaired) electrons. The monoisotopic (exact) mass is 559 g/mol. The summed E-state index contributed by atoms with van der Waals surface area (Å²) < 4.78 is 17.5. The molecule has 41 heavy (non-hydrogen) atoms. The van der Waals surface area contributed by atoms with Gasteiger partial charge in [-0.15, -0.1) is 0 Å². The van der Waals surface area contributed by atoms with Crippen molar-refractivity contribution >= 4 is 28.4 Å². The molecule has 0 unspecified atom stereocenters. The molecule has 1 aromatic heterocycles. The highest BCUT2D eigenvalue weighted by atomic mass is 16.5. The molecule has 216 valence electrons. The van der Waals surface area contributed by atoms with Crippen LogP contribution in [-0.4, -0.2) is 98.5 Å². The standard InChI is InChI=1S/C30H37N7O4/c1-39-17-18-41-28-20-26-25(19-27(28)40-16-15-35-9-3-2-4-10-35)29(33-22-32-26)36-11-13-37(14-12-36)30(38)34-24-7-5-23(21-31)6-8-24/h5-8,19-20,22H,2-4,9-18H2,1H3,(H,34,38). The van der Waals surface area contributed by atoms with Gasteiger partial charge in [0, 0.05) is 57.0 Å². The fourth-order valence-electron chi connectivity index (χ4n) is 5.18. The zero-order valence-electron chi connectivity index (χ0n) is 23.6. The first-order chi connectivity index (χ1) is 20.1. The van der Waals surface area contributed by atoms with Crippen molar-refractivity contribution in [2.75, 3.05) is 83.0 Å². The number of amides is 2. The van der Waals surface area contributed by atoms with Gasteiger partial charge in [-0.2, -0.15) is 5.26 Å². The van der Waals surface area contributed by atoms with Crippen molar-refractivity contribution < 1.29 is 19.0 Å². The maximum absolute atomic E-state index is 12.8. The van der Waals surface area contributed by atoms with Gasteiger partial charge in [0.05, 0.1) is 23.8 Å². The molecule has 1 N–H and O–H groups in total. The first kappa shape index (κ1) is 28.4. The number of aromatic nitrogens is 2. The molecule has 0 bridgehead atoms. The van der Waals surface area contributed by atoms with Crippen LogP contribution in [0.1, 0.15) is 24.8 Å². The van der Waals surface area contributed by atoms with Crippen molar-refractivity contribution in [2.24, 2.45) is 0 Å². The van der Waals surface area contributed by atoms with Gasteiger partial charge >= 0.3 is 6.03 Å². The molecule has 11 nitrogen and oxygen atoms in total. The highest BCUT2D eigenvalue weighted by molar-refractivity contribution is 5.92. The number of nitrogens with one attached hydrogen (secondary N) is 1. The van der Waals surface area contributed by atoms with E-state index in [9.17, 15) is 4.79 Å². The Labute approximate surface area is 240 Å². The lowest BCUT2D eigenvalue weighted by Gasteiger charge is -2.35. The number of carbonyl (C=O) groups excluding carboxylic acids is 1. The number of nitriles is 1. The molecule has 11 heteroatoms. The number of piperidine rings is 1. The second-order valence-electron chi connectivity index (χ2n) is 10.2. The number of nitrogens with zero attached hydrogens (tertiary/aromatic N) is 6. The summed E-state index contributed by atoms with van der Waals surface area (Å²) in [5, 5.41) is 12.8. The quantitative estimate of drug-likeness (QED) is 0.371. The first-order valence-electron chi connectivity index (χ1n) is 14.2. The Morgan fingerprint density at radius 3 is 2.39 bits per heavy atom. The van der Waals surface area contributed by atoms with E-state index in [2.05, 4.69) is 31.2 Å². The fraction of sp³-hybridized carbons (Fsp3) is 0.467. The second-order valence-corrected chi connectivity index (χ2v) is 10.2. The Morgan fingerprint density at radius 1 is 0.927 bits per heavy atom. The van der Waals surface area contributed by atoms with Crippen LogP contribution in [0.5, 0.6) is 11.5 Å². The molecule has 0 aliphatic carbocycles. The van der Waals surface area contributed by atoms with E-state index in [1.807, 2.05) is 12.1 Å². The Hall–Kier alpha value is -4.14. The van der Waals surface area contributed by atoms with Gasteiger partial charge < -0.3 is 29.3 Å². The lowest BCUT2D eigenvalue weighted by molar-refractivity contribution is 0.141. The number of ether oxygens (including phenoxy) is 3. The molecule has 2 aromatic carbocycles. The van der Waals surface area contributed by atoms with E-state index in [4.69, 9.17) is 19.5 Å². The third-order valence-corrected chi connectivity index (χ3v) is 7.47. The summed E-state index contributed by atoms with van der Waals surface area (Å²) in [7, 11) is 1.65. The molecule has 2 fully saturated rings. The van der Waals surface area contributed by atoms with Crippen LogP contribution in [0.2, 0.25) is 0 Å². The van der Waals surface area contributed by atoms with E-state index >= 15 is 0 Å². The summed E-state index contributed by atoms with van der Waals surface area (Å²) in [5.74, 6) is 2.12. The number of piperazine rings is 1. The van der Waals surface area contributed by atoms with Crippen molar-refractivity contribution in [3.63, 3.8) is 0 Å². The van der Waals surface area contributed by atoms with E-state index in [0.717, 1.165) is 36.4 Å². The summed E-state index contributed by atoms with van der Waals surface area (Å²) in [5.41, 5.74) is 1.99. The van der Waals surface area contributed by atoms with Crippen LogP contribution < -0.4 is 19.7 Å². The molecule has 0 spiro atoms. The van der Waals surface area contributed by atoms with Gasteiger partial charge in [-0.1, -0.05) is 6.42 Å². The lowest BCUT2D eigenvalue weighted by Crippen LogP contribution is -2.50. The van der Waals surface area contributed by atoms with Crippen molar-refractivity contribution in [1.82, 2.24) is 19.8 Å². The summed E-state index contributed by atoms with van der Waals surface area (Å²) in [6.45, 7) is 6.92.